The van der Waals surface area contributed by atoms with Crippen molar-refractivity contribution in [2.45, 2.75) is 6.92 Å². The average Bonchev–Trinajstić information content (AvgIpc) is 3.53. The van der Waals surface area contributed by atoms with Crippen molar-refractivity contribution in [3.8, 4) is 27.9 Å². The summed E-state index contributed by atoms with van der Waals surface area (Å²) < 4.78 is 8.89. The van der Waals surface area contributed by atoms with E-state index in [0.717, 1.165) is 33.1 Å². The van der Waals surface area contributed by atoms with Crippen LogP contribution >= 0.6 is 0 Å². The lowest BCUT2D eigenvalue weighted by Gasteiger charge is -2.11. The van der Waals surface area contributed by atoms with Crippen molar-refractivity contribution < 1.29 is 4.42 Å². The molecule has 39 heavy (non-hydrogen) atoms. The monoisotopic (exact) mass is 499 g/mol. The third-order valence-electron chi connectivity index (χ3n) is 7.83. The average molecular weight is 500 g/mol. The molecule has 0 bridgehead atoms. The van der Waals surface area contributed by atoms with Crippen LogP contribution in [0.1, 0.15) is 5.56 Å². The van der Waals surface area contributed by atoms with Crippen LogP contribution in [0.4, 0.5) is 0 Å². The molecule has 2 nitrogen and oxygen atoms in total. The molecule has 0 N–H and O–H groups in total. The standard InChI is InChI=1S/C37H25NO/c1-24-9-6-10-25(21-24)26-11-7-12-27(22-26)28-13-8-14-29(23-28)38-34-17-4-2-15-30(34)32-19-20-33-31-16-3-5-18-35(31)39-37(33)36(32)38/h2-23H,1H3. The number of nitrogens with zero attached hydrogens (tertiary/aromatic N) is 1. The summed E-state index contributed by atoms with van der Waals surface area (Å²) in [5, 5.41) is 4.71. The smallest absolute Gasteiger partial charge is 0.160 e. The van der Waals surface area contributed by atoms with E-state index in [4.69, 9.17) is 4.42 Å². The molecule has 0 aliphatic carbocycles. The number of rotatable bonds is 3. The molecule has 0 unspecified atom stereocenters. The minimum absolute atomic E-state index is 0.915. The molecule has 2 heteroatoms. The molecule has 184 valence electrons. The molecular formula is C37H25NO. The first-order valence-corrected chi connectivity index (χ1v) is 13.4. The summed E-state index contributed by atoms with van der Waals surface area (Å²) in [7, 11) is 0. The Kier molecular flexibility index (Phi) is 4.77. The highest BCUT2D eigenvalue weighted by Crippen LogP contribution is 2.40. The number of para-hydroxylation sites is 2. The van der Waals surface area contributed by atoms with Crippen molar-refractivity contribution >= 4 is 43.7 Å². The fraction of sp³-hybridized carbons (Fsp3) is 0.0270. The van der Waals surface area contributed by atoms with Crippen LogP contribution < -0.4 is 0 Å². The van der Waals surface area contributed by atoms with E-state index in [1.807, 2.05) is 6.07 Å². The first kappa shape index (κ1) is 22.0. The van der Waals surface area contributed by atoms with E-state index in [1.54, 1.807) is 0 Å². The third-order valence-corrected chi connectivity index (χ3v) is 7.83. The summed E-state index contributed by atoms with van der Waals surface area (Å²) in [6, 6.07) is 47.7. The maximum Gasteiger partial charge on any atom is 0.160 e. The minimum Gasteiger partial charge on any atom is -0.454 e. The van der Waals surface area contributed by atoms with Gasteiger partial charge in [-0.3, -0.25) is 0 Å². The molecule has 0 amide bonds. The van der Waals surface area contributed by atoms with Gasteiger partial charge in [-0.1, -0.05) is 103 Å². The lowest BCUT2D eigenvalue weighted by atomic mass is 9.98. The summed E-state index contributed by atoms with van der Waals surface area (Å²) in [5.74, 6) is 0. The fourth-order valence-electron chi connectivity index (χ4n) is 6.03. The van der Waals surface area contributed by atoms with Gasteiger partial charge in [-0.25, -0.2) is 0 Å². The van der Waals surface area contributed by atoms with Crippen molar-refractivity contribution in [1.29, 1.82) is 0 Å². The van der Waals surface area contributed by atoms with Gasteiger partial charge in [0.05, 0.1) is 11.0 Å². The maximum atomic E-state index is 6.53. The van der Waals surface area contributed by atoms with Crippen LogP contribution in [0.25, 0.3) is 71.7 Å². The zero-order chi connectivity index (χ0) is 25.9. The number of furan rings is 1. The second-order valence-corrected chi connectivity index (χ2v) is 10.3. The van der Waals surface area contributed by atoms with Crippen LogP contribution in [0, 0.1) is 6.92 Å². The molecule has 0 saturated carbocycles. The first-order valence-electron chi connectivity index (χ1n) is 13.4. The number of aryl methyl sites for hydroxylation is 1. The van der Waals surface area contributed by atoms with E-state index in [-0.39, 0.29) is 0 Å². The highest BCUT2D eigenvalue weighted by molar-refractivity contribution is 6.21. The predicted octanol–water partition coefficient (Wildman–Crippen LogP) is 10.3. The molecule has 0 spiro atoms. The zero-order valence-corrected chi connectivity index (χ0v) is 21.6. The zero-order valence-electron chi connectivity index (χ0n) is 21.6. The summed E-state index contributed by atoms with van der Waals surface area (Å²) in [4.78, 5) is 0. The molecule has 6 aromatic carbocycles. The van der Waals surface area contributed by atoms with E-state index in [9.17, 15) is 0 Å². The molecule has 2 heterocycles. The summed E-state index contributed by atoms with van der Waals surface area (Å²) in [5.41, 5.74) is 11.4. The van der Waals surface area contributed by atoms with Gasteiger partial charge in [0.1, 0.15) is 5.58 Å². The van der Waals surface area contributed by atoms with E-state index in [0.29, 0.717) is 0 Å². The van der Waals surface area contributed by atoms with Gasteiger partial charge >= 0.3 is 0 Å². The van der Waals surface area contributed by atoms with Gasteiger partial charge in [-0.05, 0) is 65.6 Å². The second kappa shape index (κ2) is 8.47. The van der Waals surface area contributed by atoms with E-state index in [2.05, 4.69) is 139 Å². The molecule has 0 atom stereocenters. The number of hydrogen-bond donors (Lipinski definition) is 0. The van der Waals surface area contributed by atoms with E-state index >= 15 is 0 Å². The number of hydrogen-bond acceptors (Lipinski definition) is 1. The Labute approximate surface area is 226 Å². The molecule has 0 fully saturated rings. The molecule has 0 radical (unpaired) electrons. The highest BCUT2D eigenvalue weighted by atomic mass is 16.3. The lowest BCUT2D eigenvalue weighted by Crippen LogP contribution is -1.94. The van der Waals surface area contributed by atoms with Gasteiger partial charge < -0.3 is 8.98 Å². The Balaban J connectivity index is 1.37. The number of fused-ring (bicyclic) bond motifs is 7. The van der Waals surface area contributed by atoms with Crippen LogP contribution in [0.5, 0.6) is 0 Å². The van der Waals surface area contributed by atoms with Gasteiger partial charge in [0.2, 0.25) is 0 Å². The van der Waals surface area contributed by atoms with Crippen molar-refractivity contribution in [1.82, 2.24) is 4.57 Å². The van der Waals surface area contributed by atoms with Crippen molar-refractivity contribution in [3.63, 3.8) is 0 Å². The summed E-state index contributed by atoms with van der Waals surface area (Å²) >= 11 is 0. The Morgan fingerprint density at radius 2 is 1.13 bits per heavy atom. The molecule has 0 aliphatic heterocycles. The summed E-state index contributed by atoms with van der Waals surface area (Å²) in [6.45, 7) is 2.14. The van der Waals surface area contributed by atoms with Crippen molar-refractivity contribution in [2.24, 2.45) is 0 Å². The lowest BCUT2D eigenvalue weighted by molar-refractivity contribution is 0.671. The second-order valence-electron chi connectivity index (χ2n) is 10.3. The Morgan fingerprint density at radius 3 is 1.95 bits per heavy atom. The third kappa shape index (κ3) is 3.42. The summed E-state index contributed by atoms with van der Waals surface area (Å²) in [6.07, 6.45) is 0. The predicted molar refractivity (Wildman–Crippen MR) is 164 cm³/mol. The van der Waals surface area contributed by atoms with Crippen LogP contribution in [-0.2, 0) is 0 Å². The highest BCUT2D eigenvalue weighted by Gasteiger charge is 2.19. The van der Waals surface area contributed by atoms with Crippen LogP contribution in [0.15, 0.2) is 138 Å². The van der Waals surface area contributed by atoms with Crippen molar-refractivity contribution in [3.05, 3.63) is 139 Å². The topological polar surface area (TPSA) is 18.1 Å². The van der Waals surface area contributed by atoms with Crippen LogP contribution in [0.2, 0.25) is 0 Å². The normalized spacial score (nSPS) is 11.7. The molecule has 8 rings (SSSR count). The van der Waals surface area contributed by atoms with E-state index < -0.39 is 0 Å². The largest absolute Gasteiger partial charge is 0.454 e. The van der Waals surface area contributed by atoms with Gasteiger partial charge in [-0.2, -0.15) is 0 Å². The van der Waals surface area contributed by atoms with Crippen LogP contribution in [-0.4, -0.2) is 4.57 Å². The number of aromatic nitrogens is 1. The fourth-order valence-corrected chi connectivity index (χ4v) is 6.03. The van der Waals surface area contributed by atoms with Gasteiger partial charge in [-0.15, -0.1) is 0 Å². The Hall–Kier alpha value is -5.08. The molecular weight excluding hydrogens is 474 g/mol. The quantitative estimate of drug-likeness (QED) is 0.236. The van der Waals surface area contributed by atoms with Crippen LogP contribution in [0.3, 0.4) is 0 Å². The van der Waals surface area contributed by atoms with Crippen molar-refractivity contribution in [2.75, 3.05) is 0 Å². The molecule has 2 aromatic heterocycles. The Morgan fingerprint density at radius 1 is 0.487 bits per heavy atom. The molecule has 0 aliphatic rings. The Bertz CT molecular complexity index is 2190. The first-order chi connectivity index (χ1) is 19.2. The SMILES string of the molecule is Cc1cccc(-c2cccc(-c3cccc(-n4c5ccccc5c5ccc6c7ccccc7oc6c54)c3)c2)c1. The molecule has 0 saturated heterocycles. The minimum atomic E-state index is 0.915. The van der Waals surface area contributed by atoms with Gasteiger partial charge in [0, 0.05) is 27.2 Å². The van der Waals surface area contributed by atoms with Gasteiger partial charge in [0.25, 0.3) is 0 Å². The van der Waals surface area contributed by atoms with E-state index in [1.165, 1.54) is 44.1 Å². The molecule has 8 aromatic rings. The number of benzene rings is 6. The maximum absolute atomic E-state index is 6.53. The van der Waals surface area contributed by atoms with Gasteiger partial charge in [0.15, 0.2) is 5.58 Å².